The third kappa shape index (κ3) is 4.80. The highest BCUT2D eigenvalue weighted by atomic mass is 79.9. The molecule has 1 atom stereocenters. The minimum Gasteiger partial charge on any atom is -0.314 e. The van der Waals surface area contributed by atoms with Crippen LogP contribution < -0.4 is 5.32 Å². The van der Waals surface area contributed by atoms with Crippen molar-refractivity contribution in [3.8, 4) is 0 Å². The van der Waals surface area contributed by atoms with Crippen LogP contribution in [0.3, 0.4) is 0 Å². The Balaban J connectivity index is 1.85. The molecule has 0 aromatic carbocycles. The summed E-state index contributed by atoms with van der Waals surface area (Å²) in [5.41, 5.74) is 0. The van der Waals surface area contributed by atoms with Crippen LogP contribution in [0.1, 0.15) is 30.6 Å². The quantitative estimate of drug-likeness (QED) is 0.825. The molecule has 0 spiro atoms. The van der Waals surface area contributed by atoms with Crippen LogP contribution in [0, 0.1) is 0 Å². The van der Waals surface area contributed by atoms with E-state index in [0.29, 0.717) is 19.0 Å². The Kier molecular flexibility index (Phi) is 6.04. The van der Waals surface area contributed by atoms with Crippen molar-refractivity contribution in [1.82, 2.24) is 9.62 Å². The summed E-state index contributed by atoms with van der Waals surface area (Å²) < 4.78 is 27.0. The Labute approximate surface area is 133 Å². The van der Waals surface area contributed by atoms with E-state index in [2.05, 4.69) is 21.2 Å². The Hall–Kier alpha value is 0.0500. The largest absolute Gasteiger partial charge is 0.314 e. The second-order valence-corrected chi connectivity index (χ2v) is 9.35. The minimum atomic E-state index is -3.16. The Bertz CT molecular complexity index is 524. The van der Waals surface area contributed by atoms with Crippen molar-refractivity contribution >= 4 is 37.3 Å². The molecule has 1 aromatic rings. The van der Waals surface area contributed by atoms with Crippen LogP contribution in [-0.4, -0.2) is 38.1 Å². The molecule has 7 heteroatoms. The van der Waals surface area contributed by atoms with Crippen molar-refractivity contribution in [2.45, 2.75) is 38.3 Å². The number of halogens is 1. The molecule has 0 aliphatic carbocycles. The van der Waals surface area contributed by atoms with Gasteiger partial charge in [-0.25, -0.2) is 8.42 Å². The molecule has 0 bridgehead atoms. The molecule has 2 rings (SSSR count). The second kappa shape index (κ2) is 7.35. The Morgan fingerprint density at radius 1 is 1.50 bits per heavy atom. The van der Waals surface area contributed by atoms with Crippen LogP contribution in [0.5, 0.6) is 0 Å². The van der Waals surface area contributed by atoms with Gasteiger partial charge in [-0.2, -0.15) is 4.31 Å². The van der Waals surface area contributed by atoms with Crippen molar-refractivity contribution in [2.75, 3.05) is 19.3 Å². The number of nitrogens with one attached hydrogen (secondary N) is 1. The molecule has 0 amide bonds. The van der Waals surface area contributed by atoms with E-state index in [1.54, 1.807) is 18.4 Å². The molecule has 20 heavy (non-hydrogen) atoms. The average molecular weight is 381 g/mol. The molecule has 1 N–H and O–H groups in total. The summed E-state index contributed by atoms with van der Waals surface area (Å²) in [6, 6.07) is 2.34. The first-order chi connectivity index (χ1) is 9.47. The summed E-state index contributed by atoms with van der Waals surface area (Å²) in [7, 11) is -1.50. The number of sulfonamides is 1. The highest BCUT2D eigenvalue weighted by molar-refractivity contribution is 9.10. The first-order valence-electron chi connectivity index (χ1n) is 6.88. The van der Waals surface area contributed by atoms with E-state index in [4.69, 9.17) is 0 Å². The number of piperidine rings is 1. The maximum Gasteiger partial charge on any atom is 0.214 e. The molecule has 1 aliphatic rings. The third-order valence-electron chi connectivity index (χ3n) is 3.61. The van der Waals surface area contributed by atoms with Gasteiger partial charge in [-0.05, 0) is 47.8 Å². The van der Waals surface area contributed by atoms with E-state index in [1.165, 1.54) is 17.1 Å². The fraction of sp³-hybridized carbons (Fsp3) is 0.692. The average Bonchev–Trinajstić information content (AvgIpc) is 2.83. The summed E-state index contributed by atoms with van der Waals surface area (Å²) in [6.07, 6.45) is 4.21. The summed E-state index contributed by atoms with van der Waals surface area (Å²) in [5.74, 6) is 0.230. The molecule has 0 radical (unpaired) electrons. The van der Waals surface area contributed by atoms with Crippen LogP contribution >= 0.6 is 27.3 Å². The van der Waals surface area contributed by atoms with Gasteiger partial charge in [0.1, 0.15) is 0 Å². The lowest BCUT2D eigenvalue weighted by atomic mass is 10.0. The molecule has 2 heterocycles. The summed E-state index contributed by atoms with van der Waals surface area (Å²) in [4.78, 5) is 1.05. The van der Waals surface area contributed by atoms with E-state index in [0.717, 1.165) is 22.3 Å². The van der Waals surface area contributed by atoms with E-state index in [-0.39, 0.29) is 5.75 Å². The lowest BCUT2D eigenvalue weighted by molar-refractivity contribution is 0.388. The monoisotopic (exact) mass is 380 g/mol. The molecule has 114 valence electrons. The topological polar surface area (TPSA) is 49.4 Å². The first-order valence-corrected chi connectivity index (χ1v) is 10.2. The lowest BCUT2D eigenvalue weighted by Gasteiger charge is -2.24. The smallest absolute Gasteiger partial charge is 0.214 e. The van der Waals surface area contributed by atoms with Gasteiger partial charge in [0.15, 0.2) is 0 Å². The van der Waals surface area contributed by atoms with Gasteiger partial charge >= 0.3 is 0 Å². The fourth-order valence-electron chi connectivity index (χ4n) is 2.37. The van der Waals surface area contributed by atoms with Crippen molar-refractivity contribution in [3.05, 3.63) is 20.8 Å². The summed E-state index contributed by atoms with van der Waals surface area (Å²) in [5, 5.41) is 5.37. The van der Waals surface area contributed by atoms with Crippen LogP contribution in [0.25, 0.3) is 0 Å². The van der Waals surface area contributed by atoms with Crippen LogP contribution in [0.15, 0.2) is 15.9 Å². The minimum absolute atomic E-state index is 0.230. The zero-order valence-electron chi connectivity index (χ0n) is 11.6. The molecule has 1 saturated heterocycles. The molecule has 1 unspecified atom stereocenters. The summed E-state index contributed by atoms with van der Waals surface area (Å²) in [6.45, 7) is 1.47. The Morgan fingerprint density at radius 2 is 2.30 bits per heavy atom. The lowest BCUT2D eigenvalue weighted by Crippen LogP contribution is -2.37. The zero-order valence-corrected chi connectivity index (χ0v) is 14.9. The predicted octanol–water partition coefficient (Wildman–Crippen LogP) is 2.80. The van der Waals surface area contributed by atoms with E-state index < -0.39 is 10.0 Å². The Morgan fingerprint density at radius 3 is 2.90 bits per heavy atom. The molecule has 4 nitrogen and oxygen atoms in total. The fourth-order valence-corrected chi connectivity index (χ4v) is 5.19. The summed E-state index contributed by atoms with van der Waals surface area (Å²) >= 11 is 4.96. The van der Waals surface area contributed by atoms with Gasteiger partial charge in [0, 0.05) is 34.4 Å². The highest BCUT2D eigenvalue weighted by Crippen LogP contribution is 2.22. The third-order valence-corrected chi connectivity index (χ3v) is 7.12. The molecule has 1 aromatic heterocycles. The maximum atomic E-state index is 12.3. The highest BCUT2D eigenvalue weighted by Gasteiger charge is 2.21. The number of hydrogen-bond donors (Lipinski definition) is 1. The standard InChI is InChI=1S/C13H21BrN2O2S2/c1-16(9-13-8-11(14)10-19-13)20(17,18)7-5-12-4-2-3-6-15-12/h8,10,12,15H,2-7,9H2,1H3. The maximum absolute atomic E-state index is 12.3. The van der Waals surface area contributed by atoms with Gasteiger partial charge in [-0.1, -0.05) is 6.42 Å². The molecular formula is C13H21BrN2O2S2. The van der Waals surface area contributed by atoms with Gasteiger partial charge in [0.2, 0.25) is 10.0 Å². The normalized spacial score (nSPS) is 20.4. The molecular weight excluding hydrogens is 360 g/mol. The van der Waals surface area contributed by atoms with Crippen molar-refractivity contribution in [3.63, 3.8) is 0 Å². The van der Waals surface area contributed by atoms with Gasteiger partial charge < -0.3 is 5.32 Å². The molecule has 1 aliphatic heterocycles. The molecule has 0 saturated carbocycles. The van der Waals surface area contributed by atoms with Gasteiger partial charge in [-0.15, -0.1) is 11.3 Å². The second-order valence-electron chi connectivity index (χ2n) is 5.24. The predicted molar refractivity (Wildman–Crippen MR) is 87.5 cm³/mol. The number of thiophene rings is 1. The molecule has 1 fully saturated rings. The van der Waals surface area contributed by atoms with E-state index in [9.17, 15) is 8.42 Å². The SMILES string of the molecule is CN(Cc1cc(Br)cs1)S(=O)(=O)CCC1CCCCN1. The van der Waals surface area contributed by atoms with E-state index in [1.807, 2.05) is 11.4 Å². The van der Waals surface area contributed by atoms with Crippen molar-refractivity contribution in [2.24, 2.45) is 0 Å². The van der Waals surface area contributed by atoms with Gasteiger partial charge in [0.25, 0.3) is 0 Å². The van der Waals surface area contributed by atoms with Crippen LogP contribution in [0.2, 0.25) is 0 Å². The van der Waals surface area contributed by atoms with Gasteiger partial charge in [0.05, 0.1) is 5.75 Å². The van der Waals surface area contributed by atoms with Crippen molar-refractivity contribution in [1.29, 1.82) is 0 Å². The number of hydrogen-bond acceptors (Lipinski definition) is 4. The van der Waals surface area contributed by atoms with Gasteiger partial charge in [-0.3, -0.25) is 0 Å². The zero-order chi connectivity index (χ0) is 14.6. The number of nitrogens with zero attached hydrogens (tertiary/aromatic N) is 1. The van der Waals surface area contributed by atoms with Crippen molar-refractivity contribution < 1.29 is 8.42 Å². The van der Waals surface area contributed by atoms with Crippen LogP contribution in [0.4, 0.5) is 0 Å². The van der Waals surface area contributed by atoms with E-state index >= 15 is 0 Å². The van der Waals surface area contributed by atoms with Crippen LogP contribution in [-0.2, 0) is 16.6 Å². The number of rotatable bonds is 6. The first kappa shape index (κ1) is 16.4.